The first-order valence-corrected chi connectivity index (χ1v) is 9.83. The van der Waals surface area contributed by atoms with Crippen molar-refractivity contribution in [1.82, 2.24) is 9.80 Å². The lowest BCUT2D eigenvalue weighted by molar-refractivity contribution is -0.135. The summed E-state index contributed by atoms with van der Waals surface area (Å²) in [5.41, 5.74) is 3.01. The van der Waals surface area contributed by atoms with Crippen LogP contribution >= 0.6 is 0 Å². The van der Waals surface area contributed by atoms with Crippen molar-refractivity contribution >= 4 is 23.3 Å². The number of amides is 2. The molecule has 1 N–H and O–H groups in total. The van der Waals surface area contributed by atoms with E-state index in [0.717, 1.165) is 29.7 Å². The number of nitrogens with one attached hydrogen (secondary N) is 1. The molecule has 0 unspecified atom stereocenters. The minimum atomic E-state index is -0.0355. The molecule has 0 radical (unpaired) electrons. The third-order valence-corrected chi connectivity index (χ3v) is 5.36. The molecule has 1 heterocycles. The second-order valence-electron chi connectivity index (χ2n) is 7.74. The molecule has 1 saturated heterocycles. The quantitative estimate of drug-likeness (QED) is 0.798. The smallest absolute Gasteiger partial charge is 0.238 e. The lowest BCUT2D eigenvalue weighted by Gasteiger charge is -2.28. The van der Waals surface area contributed by atoms with E-state index in [1.165, 1.54) is 0 Å². The van der Waals surface area contributed by atoms with Gasteiger partial charge in [-0.3, -0.25) is 19.3 Å². The first-order chi connectivity index (χ1) is 12.9. The van der Waals surface area contributed by atoms with Crippen molar-refractivity contribution < 1.29 is 14.4 Å². The fourth-order valence-corrected chi connectivity index (χ4v) is 3.48. The van der Waals surface area contributed by atoms with Gasteiger partial charge in [-0.1, -0.05) is 12.1 Å². The number of Topliss-reactive ketones (excluding diaryl/α,β-unsaturated/α-hetero) is 1. The summed E-state index contributed by atoms with van der Waals surface area (Å²) >= 11 is 0. The first-order valence-electron chi connectivity index (χ1n) is 9.83. The van der Waals surface area contributed by atoms with Gasteiger partial charge in [-0.05, 0) is 43.9 Å². The van der Waals surface area contributed by atoms with Crippen molar-refractivity contribution in [3.63, 3.8) is 0 Å². The molecule has 2 amide bonds. The van der Waals surface area contributed by atoms with Crippen LogP contribution in [0.1, 0.15) is 43.2 Å². The van der Waals surface area contributed by atoms with E-state index in [4.69, 9.17) is 0 Å². The first kappa shape index (κ1) is 19.5. The Labute approximate surface area is 160 Å². The van der Waals surface area contributed by atoms with Gasteiger partial charge in [-0.2, -0.15) is 0 Å². The molecular formula is C21H29N3O3. The van der Waals surface area contributed by atoms with Crippen LogP contribution in [0.3, 0.4) is 0 Å². The molecule has 1 aromatic carbocycles. The standard InChI is InChI=1S/C21H29N3O3/c1-15-3-4-16(2)19(13-15)22-20(26)14-24(17-5-6-17)12-9-21(27)23-10-7-18(25)8-11-23/h3-4,13,17H,5-12,14H2,1-2H3,(H,22,26). The third-order valence-electron chi connectivity index (χ3n) is 5.36. The molecule has 2 fully saturated rings. The summed E-state index contributed by atoms with van der Waals surface area (Å²) in [5, 5.41) is 3.01. The molecule has 2 aliphatic rings. The Morgan fingerprint density at radius 1 is 1.19 bits per heavy atom. The minimum Gasteiger partial charge on any atom is -0.342 e. The average Bonchev–Trinajstić information content (AvgIpc) is 3.47. The van der Waals surface area contributed by atoms with E-state index < -0.39 is 0 Å². The molecule has 3 rings (SSSR count). The Balaban J connectivity index is 1.50. The number of rotatable bonds is 7. The highest BCUT2D eigenvalue weighted by Gasteiger charge is 2.31. The van der Waals surface area contributed by atoms with Crippen LogP contribution in [0.25, 0.3) is 0 Å². The molecule has 1 aromatic rings. The minimum absolute atomic E-state index is 0.0355. The predicted molar refractivity (Wildman–Crippen MR) is 105 cm³/mol. The van der Waals surface area contributed by atoms with Crippen LogP contribution in [0.2, 0.25) is 0 Å². The molecule has 1 aliphatic heterocycles. The molecule has 0 bridgehead atoms. The van der Waals surface area contributed by atoms with E-state index in [0.29, 0.717) is 51.5 Å². The van der Waals surface area contributed by atoms with Gasteiger partial charge in [0, 0.05) is 50.6 Å². The molecule has 27 heavy (non-hydrogen) atoms. The van der Waals surface area contributed by atoms with Crippen molar-refractivity contribution in [2.45, 2.75) is 52.0 Å². The van der Waals surface area contributed by atoms with Gasteiger partial charge in [-0.15, -0.1) is 0 Å². The second kappa shape index (κ2) is 8.65. The number of piperidine rings is 1. The maximum Gasteiger partial charge on any atom is 0.238 e. The van der Waals surface area contributed by atoms with Gasteiger partial charge in [0.1, 0.15) is 5.78 Å². The zero-order chi connectivity index (χ0) is 19.4. The second-order valence-corrected chi connectivity index (χ2v) is 7.74. The van der Waals surface area contributed by atoms with E-state index in [1.54, 1.807) is 4.90 Å². The molecular weight excluding hydrogens is 342 g/mol. The molecule has 1 saturated carbocycles. The fourth-order valence-electron chi connectivity index (χ4n) is 3.48. The monoisotopic (exact) mass is 371 g/mol. The lowest BCUT2D eigenvalue weighted by Crippen LogP contribution is -2.41. The van der Waals surface area contributed by atoms with Crippen LogP contribution in [0.5, 0.6) is 0 Å². The van der Waals surface area contributed by atoms with Crippen LogP contribution < -0.4 is 5.32 Å². The van der Waals surface area contributed by atoms with Crippen molar-refractivity contribution in [3.8, 4) is 0 Å². The Bertz CT molecular complexity index is 717. The number of hydrogen-bond acceptors (Lipinski definition) is 4. The zero-order valence-corrected chi connectivity index (χ0v) is 16.3. The number of carbonyl (C=O) groups excluding carboxylic acids is 3. The molecule has 0 atom stereocenters. The summed E-state index contributed by atoms with van der Waals surface area (Å²) in [7, 11) is 0. The SMILES string of the molecule is Cc1ccc(C)c(NC(=O)CN(CCC(=O)N2CCC(=O)CC2)C2CC2)c1. The number of likely N-dealkylation sites (tertiary alicyclic amines) is 1. The van der Waals surface area contributed by atoms with Crippen molar-refractivity contribution in [2.75, 3.05) is 31.5 Å². The summed E-state index contributed by atoms with van der Waals surface area (Å²) in [6, 6.07) is 6.42. The summed E-state index contributed by atoms with van der Waals surface area (Å²) in [5.74, 6) is 0.288. The number of anilines is 1. The summed E-state index contributed by atoms with van der Waals surface area (Å²) in [6.45, 7) is 5.96. The van der Waals surface area contributed by atoms with Gasteiger partial charge in [0.15, 0.2) is 0 Å². The Morgan fingerprint density at radius 2 is 1.89 bits per heavy atom. The van der Waals surface area contributed by atoms with Gasteiger partial charge in [0.2, 0.25) is 11.8 Å². The zero-order valence-electron chi connectivity index (χ0n) is 16.3. The number of aryl methyl sites for hydroxylation is 2. The highest BCUT2D eigenvalue weighted by molar-refractivity contribution is 5.93. The number of ketones is 1. The summed E-state index contributed by atoms with van der Waals surface area (Å²) in [6.07, 6.45) is 3.51. The van der Waals surface area contributed by atoms with Gasteiger partial charge >= 0.3 is 0 Å². The molecule has 6 heteroatoms. The highest BCUT2D eigenvalue weighted by atomic mass is 16.2. The van der Waals surface area contributed by atoms with Gasteiger partial charge in [-0.25, -0.2) is 0 Å². The summed E-state index contributed by atoms with van der Waals surface area (Å²) < 4.78 is 0. The van der Waals surface area contributed by atoms with Gasteiger partial charge in [0.05, 0.1) is 6.54 Å². The number of hydrogen-bond donors (Lipinski definition) is 1. The van der Waals surface area contributed by atoms with E-state index >= 15 is 0 Å². The fraction of sp³-hybridized carbons (Fsp3) is 0.571. The van der Waals surface area contributed by atoms with Crippen LogP contribution in [-0.4, -0.2) is 59.6 Å². The van der Waals surface area contributed by atoms with E-state index in [-0.39, 0.29) is 17.6 Å². The van der Waals surface area contributed by atoms with E-state index in [1.807, 2.05) is 32.0 Å². The Kier molecular flexibility index (Phi) is 6.26. The molecule has 146 valence electrons. The summed E-state index contributed by atoms with van der Waals surface area (Å²) in [4.78, 5) is 40.1. The maximum atomic E-state index is 12.5. The number of nitrogens with zero attached hydrogens (tertiary/aromatic N) is 2. The topological polar surface area (TPSA) is 69.7 Å². The molecule has 6 nitrogen and oxygen atoms in total. The molecule has 1 aliphatic carbocycles. The average molecular weight is 371 g/mol. The lowest BCUT2D eigenvalue weighted by atomic mass is 10.1. The molecule has 0 aromatic heterocycles. The van der Waals surface area contributed by atoms with Crippen LogP contribution in [0.4, 0.5) is 5.69 Å². The predicted octanol–water partition coefficient (Wildman–Crippen LogP) is 2.29. The highest BCUT2D eigenvalue weighted by Crippen LogP contribution is 2.27. The number of benzene rings is 1. The van der Waals surface area contributed by atoms with Crippen LogP contribution in [-0.2, 0) is 14.4 Å². The number of carbonyl (C=O) groups is 3. The van der Waals surface area contributed by atoms with Gasteiger partial charge < -0.3 is 10.2 Å². The maximum absolute atomic E-state index is 12.5. The largest absolute Gasteiger partial charge is 0.342 e. The van der Waals surface area contributed by atoms with Crippen LogP contribution in [0.15, 0.2) is 18.2 Å². The molecule has 0 spiro atoms. The Hall–Kier alpha value is -2.21. The van der Waals surface area contributed by atoms with E-state index in [2.05, 4.69) is 10.2 Å². The third kappa shape index (κ3) is 5.63. The van der Waals surface area contributed by atoms with Crippen LogP contribution in [0, 0.1) is 13.8 Å². The van der Waals surface area contributed by atoms with Crippen molar-refractivity contribution in [2.24, 2.45) is 0 Å². The van der Waals surface area contributed by atoms with E-state index in [9.17, 15) is 14.4 Å². The normalized spacial score (nSPS) is 17.3. The Morgan fingerprint density at radius 3 is 2.56 bits per heavy atom. The van der Waals surface area contributed by atoms with Crippen molar-refractivity contribution in [3.05, 3.63) is 29.3 Å². The van der Waals surface area contributed by atoms with Crippen molar-refractivity contribution in [1.29, 1.82) is 0 Å². The van der Waals surface area contributed by atoms with Gasteiger partial charge in [0.25, 0.3) is 0 Å².